The van der Waals surface area contributed by atoms with Gasteiger partial charge in [0.2, 0.25) is 5.91 Å². The van der Waals surface area contributed by atoms with Gasteiger partial charge in [-0.25, -0.2) is 0 Å². The average molecular weight is 324 g/mol. The van der Waals surface area contributed by atoms with Gasteiger partial charge in [-0.15, -0.1) is 0 Å². The highest BCUT2D eigenvalue weighted by Crippen LogP contribution is 2.12. The Kier molecular flexibility index (Phi) is 6.71. The summed E-state index contributed by atoms with van der Waals surface area (Å²) in [6, 6.07) is 11.1. The van der Waals surface area contributed by atoms with E-state index in [0.29, 0.717) is 25.1 Å². The van der Waals surface area contributed by atoms with Crippen molar-refractivity contribution in [1.29, 1.82) is 0 Å². The number of aromatic nitrogens is 1. The average Bonchev–Trinajstić information content (AvgIpc) is 2.60. The summed E-state index contributed by atoms with van der Waals surface area (Å²) < 4.78 is 4.90. The molecular formula is C19H20N2O3. The molecule has 0 fully saturated rings. The van der Waals surface area contributed by atoms with E-state index in [4.69, 9.17) is 4.74 Å². The minimum atomic E-state index is -0.203. The van der Waals surface area contributed by atoms with Crippen molar-refractivity contribution >= 4 is 23.6 Å². The quantitative estimate of drug-likeness (QED) is 0.627. The zero-order valence-corrected chi connectivity index (χ0v) is 13.6. The number of ether oxygens (including phenoxy) is 1. The lowest BCUT2D eigenvalue weighted by molar-refractivity contribution is -0.143. The molecule has 124 valence electrons. The van der Waals surface area contributed by atoms with Crippen LogP contribution in [0.2, 0.25) is 0 Å². The summed E-state index contributed by atoms with van der Waals surface area (Å²) in [5, 5.41) is 2.79. The Bertz CT molecular complexity index is 694. The van der Waals surface area contributed by atoms with Crippen molar-refractivity contribution in [2.75, 3.05) is 11.9 Å². The SMILES string of the molecule is CCOC(=O)CCc1ccc(NC(=O)/C=C\c2ccncc2)cc1. The largest absolute Gasteiger partial charge is 0.466 e. The molecule has 1 N–H and O–H groups in total. The Morgan fingerprint density at radius 3 is 2.50 bits per heavy atom. The molecule has 1 aromatic carbocycles. The Morgan fingerprint density at radius 2 is 1.83 bits per heavy atom. The molecule has 0 saturated carbocycles. The van der Waals surface area contributed by atoms with Crippen molar-refractivity contribution < 1.29 is 14.3 Å². The molecule has 5 nitrogen and oxygen atoms in total. The van der Waals surface area contributed by atoms with Crippen molar-refractivity contribution in [2.45, 2.75) is 19.8 Å². The molecule has 1 aromatic heterocycles. The molecular weight excluding hydrogens is 304 g/mol. The van der Waals surface area contributed by atoms with Crippen LogP contribution in [0.5, 0.6) is 0 Å². The number of rotatable bonds is 7. The van der Waals surface area contributed by atoms with Crippen LogP contribution in [0.4, 0.5) is 5.69 Å². The lowest BCUT2D eigenvalue weighted by Crippen LogP contribution is -2.08. The smallest absolute Gasteiger partial charge is 0.306 e. The van der Waals surface area contributed by atoms with Crippen LogP contribution in [-0.4, -0.2) is 23.5 Å². The fraction of sp³-hybridized carbons (Fsp3) is 0.211. The van der Waals surface area contributed by atoms with Gasteiger partial charge in [0.25, 0.3) is 0 Å². The number of nitrogens with zero attached hydrogens (tertiary/aromatic N) is 1. The van der Waals surface area contributed by atoms with E-state index in [9.17, 15) is 9.59 Å². The van der Waals surface area contributed by atoms with Crippen LogP contribution in [0.25, 0.3) is 6.08 Å². The van der Waals surface area contributed by atoms with Crippen LogP contribution in [-0.2, 0) is 20.7 Å². The van der Waals surface area contributed by atoms with Crippen LogP contribution in [0.1, 0.15) is 24.5 Å². The molecule has 0 bridgehead atoms. The highest BCUT2D eigenvalue weighted by atomic mass is 16.5. The maximum atomic E-state index is 11.9. The molecule has 2 aromatic rings. The second-order valence-electron chi connectivity index (χ2n) is 5.11. The predicted molar refractivity (Wildman–Crippen MR) is 93.3 cm³/mol. The van der Waals surface area contributed by atoms with E-state index in [2.05, 4.69) is 10.3 Å². The topological polar surface area (TPSA) is 68.3 Å². The number of hydrogen-bond donors (Lipinski definition) is 1. The Morgan fingerprint density at radius 1 is 1.12 bits per heavy atom. The molecule has 1 heterocycles. The van der Waals surface area contributed by atoms with Crippen molar-refractivity contribution in [3.05, 3.63) is 66.0 Å². The van der Waals surface area contributed by atoms with Crippen molar-refractivity contribution in [1.82, 2.24) is 4.98 Å². The monoisotopic (exact) mass is 324 g/mol. The number of benzene rings is 1. The van der Waals surface area contributed by atoms with Crippen LogP contribution >= 0.6 is 0 Å². The number of hydrogen-bond acceptors (Lipinski definition) is 4. The van der Waals surface area contributed by atoms with Gasteiger partial charge in [-0.2, -0.15) is 0 Å². The van der Waals surface area contributed by atoms with E-state index in [0.717, 1.165) is 11.1 Å². The van der Waals surface area contributed by atoms with E-state index in [-0.39, 0.29) is 11.9 Å². The lowest BCUT2D eigenvalue weighted by Gasteiger charge is -2.05. The van der Waals surface area contributed by atoms with Gasteiger partial charge in [0.1, 0.15) is 0 Å². The van der Waals surface area contributed by atoms with Crippen LogP contribution in [0.3, 0.4) is 0 Å². The maximum Gasteiger partial charge on any atom is 0.306 e. The van der Waals surface area contributed by atoms with Crippen LogP contribution < -0.4 is 5.32 Å². The summed E-state index contributed by atoms with van der Waals surface area (Å²) in [5.41, 5.74) is 2.64. The number of carbonyl (C=O) groups excluding carboxylic acids is 2. The highest BCUT2D eigenvalue weighted by molar-refractivity contribution is 6.01. The zero-order chi connectivity index (χ0) is 17.2. The molecule has 0 unspecified atom stereocenters. The highest BCUT2D eigenvalue weighted by Gasteiger charge is 2.03. The van der Waals surface area contributed by atoms with Gasteiger partial charge in [-0.05, 0) is 54.8 Å². The number of anilines is 1. The molecule has 0 atom stereocenters. The Labute approximate surface area is 141 Å². The number of pyridine rings is 1. The van der Waals surface area contributed by atoms with E-state index in [1.165, 1.54) is 6.08 Å². The first-order valence-electron chi connectivity index (χ1n) is 7.81. The van der Waals surface area contributed by atoms with Crippen molar-refractivity contribution in [3.8, 4) is 0 Å². The summed E-state index contributed by atoms with van der Waals surface area (Å²) in [5.74, 6) is -0.401. The van der Waals surface area contributed by atoms with E-state index in [1.807, 2.05) is 36.4 Å². The number of nitrogens with one attached hydrogen (secondary N) is 1. The second-order valence-corrected chi connectivity index (χ2v) is 5.11. The van der Waals surface area contributed by atoms with Crippen LogP contribution in [0.15, 0.2) is 54.9 Å². The number of carbonyl (C=O) groups is 2. The number of amides is 1. The Balaban J connectivity index is 1.83. The van der Waals surface area contributed by atoms with Gasteiger partial charge >= 0.3 is 5.97 Å². The maximum absolute atomic E-state index is 11.9. The van der Waals surface area contributed by atoms with Gasteiger partial charge in [0.05, 0.1) is 6.61 Å². The van der Waals surface area contributed by atoms with Gasteiger partial charge in [0.15, 0.2) is 0 Å². The van der Waals surface area contributed by atoms with E-state index < -0.39 is 0 Å². The zero-order valence-electron chi connectivity index (χ0n) is 13.6. The summed E-state index contributed by atoms with van der Waals surface area (Å²) in [6.45, 7) is 2.19. The standard InChI is InChI=1S/C19H20N2O3/c1-2-24-19(23)10-6-15-3-7-17(8-4-15)21-18(22)9-5-16-11-13-20-14-12-16/h3-5,7-9,11-14H,2,6,10H2,1H3,(H,21,22)/b9-5-. The first kappa shape index (κ1) is 17.4. The molecule has 2 rings (SSSR count). The molecule has 0 spiro atoms. The fourth-order valence-corrected chi connectivity index (χ4v) is 2.06. The minimum absolute atomic E-state index is 0.198. The predicted octanol–water partition coefficient (Wildman–Crippen LogP) is 3.23. The molecule has 1 amide bonds. The van der Waals surface area contributed by atoms with Gasteiger partial charge in [-0.1, -0.05) is 12.1 Å². The fourth-order valence-electron chi connectivity index (χ4n) is 2.06. The second kappa shape index (κ2) is 9.25. The lowest BCUT2D eigenvalue weighted by atomic mass is 10.1. The number of esters is 1. The van der Waals surface area contributed by atoms with Gasteiger partial charge in [0, 0.05) is 30.6 Å². The minimum Gasteiger partial charge on any atom is -0.466 e. The van der Waals surface area contributed by atoms with Crippen molar-refractivity contribution in [2.24, 2.45) is 0 Å². The molecule has 0 aliphatic rings. The molecule has 0 aliphatic carbocycles. The normalized spacial score (nSPS) is 10.5. The summed E-state index contributed by atoms with van der Waals surface area (Å²) in [6.07, 6.45) is 7.52. The van der Waals surface area contributed by atoms with E-state index >= 15 is 0 Å². The van der Waals surface area contributed by atoms with Crippen molar-refractivity contribution in [3.63, 3.8) is 0 Å². The van der Waals surface area contributed by atoms with Crippen LogP contribution in [0, 0.1) is 0 Å². The van der Waals surface area contributed by atoms with Gasteiger partial charge < -0.3 is 10.1 Å². The first-order valence-corrected chi connectivity index (χ1v) is 7.81. The summed E-state index contributed by atoms with van der Waals surface area (Å²) in [7, 11) is 0. The molecule has 0 aliphatic heterocycles. The summed E-state index contributed by atoms with van der Waals surface area (Å²) >= 11 is 0. The van der Waals surface area contributed by atoms with Gasteiger partial charge in [-0.3, -0.25) is 14.6 Å². The first-order chi connectivity index (χ1) is 11.7. The molecule has 0 saturated heterocycles. The summed E-state index contributed by atoms with van der Waals surface area (Å²) in [4.78, 5) is 27.1. The molecule has 0 radical (unpaired) electrons. The molecule has 5 heteroatoms. The third-order valence-corrected chi connectivity index (χ3v) is 3.28. The van der Waals surface area contributed by atoms with E-state index in [1.54, 1.807) is 25.4 Å². The molecule has 24 heavy (non-hydrogen) atoms. The third kappa shape index (κ3) is 6.04. The number of aryl methyl sites for hydroxylation is 1. The third-order valence-electron chi connectivity index (χ3n) is 3.28. The Hall–Kier alpha value is -2.95.